The maximum Gasteiger partial charge on any atom is 0.213 e. The number of aliphatic imine (C=N–C) groups is 1. The van der Waals surface area contributed by atoms with Crippen LogP contribution in [0, 0.1) is 0 Å². The van der Waals surface area contributed by atoms with Crippen LogP contribution in [0.5, 0.6) is 0 Å². The maximum absolute atomic E-state index is 11.8. The zero-order valence-electron chi connectivity index (χ0n) is 17.8. The fourth-order valence-electron chi connectivity index (χ4n) is 3.20. The molecule has 1 aliphatic rings. The number of rotatable bonds is 8. The van der Waals surface area contributed by atoms with Gasteiger partial charge in [0.05, 0.1) is 5.75 Å². The van der Waals surface area contributed by atoms with E-state index < -0.39 is 10.0 Å². The summed E-state index contributed by atoms with van der Waals surface area (Å²) in [5.74, 6) is 1.07. The van der Waals surface area contributed by atoms with E-state index in [1.165, 1.54) is 15.4 Å². The van der Waals surface area contributed by atoms with Crippen molar-refractivity contribution < 1.29 is 8.42 Å². The fraction of sp³-hybridized carbons (Fsp3) is 0.571. The second-order valence-corrected chi connectivity index (χ2v) is 9.38. The summed E-state index contributed by atoms with van der Waals surface area (Å²) in [7, 11) is -1.47. The Hall–Kier alpha value is -1.13. The predicted octanol–water partition coefficient (Wildman–Crippen LogP) is 3.42. The van der Waals surface area contributed by atoms with Crippen molar-refractivity contribution in [3.63, 3.8) is 0 Å². The van der Waals surface area contributed by atoms with Gasteiger partial charge in [-0.15, -0.1) is 24.0 Å². The van der Waals surface area contributed by atoms with Crippen LogP contribution < -0.4 is 5.32 Å². The molecule has 1 saturated heterocycles. The Balaban J connectivity index is 0.00000420. The average molecular weight is 535 g/mol. The third kappa shape index (κ3) is 8.64. The highest BCUT2D eigenvalue weighted by Crippen LogP contribution is 2.19. The Bertz CT molecular complexity index is 756. The fourth-order valence-corrected chi connectivity index (χ4v) is 4.05. The molecule has 0 aliphatic carbocycles. The standard InChI is InChI=1S/C21H34N4O2S.HI/c1-4-22-21(23-14-9-15-24(3)28(26,27)5-2)25-16-12-20(13-17-25)18-19-10-7-6-8-11-19;/h6-8,10-11,18H,4-5,9,12-17H2,1-3H3,(H,22,23);1H. The number of benzene rings is 1. The van der Waals surface area contributed by atoms with E-state index in [2.05, 4.69) is 47.5 Å². The second kappa shape index (κ2) is 13.2. The van der Waals surface area contributed by atoms with E-state index in [1.54, 1.807) is 14.0 Å². The quantitative estimate of drug-likeness (QED) is 0.240. The molecule has 1 aromatic carbocycles. The first-order valence-electron chi connectivity index (χ1n) is 10.2. The number of likely N-dealkylation sites (tertiary alicyclic amines) is 1. The Labute approximate surface area is 193 Å². The molecule has 1 aliphatic heterocycles. The summed E-state index contributed by atoms with van der Waals surface area (Å²) in [6.07, 6.45) is 5.09. The molecule has 0 unspecified atom stereocenters. The van der Waals surface area contributed by atoms with Crippen LogP contribution in [-0.4, -0.2) is 69.1 Å². The predicted molar refractivity (Wildman–Crippen MR) is 133 cm³/mol. The zero-order chi connectivity index (χ0) is 20.4. The number of hydrogen-bond donors (Lipinski definition) is 1. The molecule has 1 fully saturated rings. The van der Waals surface area contributed by atoms with Crippen molar-refractivity contribution in [1.29, 1.82) is 0 Å². The number of sulfonamides is 1. The number of halogens is 1. The van der Waals surface area contributed by atoms with E-state index >= 15 is 0 Å². The number of hydrogen-bond acceptors (Lipinski definition) is 3. The van der Waals surface area contributed by atoms with Crippen LogP contribution in [0.25, 0.3) is 6.08 Å². The minimum Gasteiger partial charge on any atom is -0.357 e. The monoisotopic (exact) mass is 534 g/mol. The third-order valence-corrected chi connectivity index (χ3v) is 6.80. The van der Waals surface area contributed by atoms with E-state index in [9.17, 15) is 8.42 Å². The highest BCUT2D eigenvalue weighted by molar-refractivity contribution is 14.0. The molecule has 29 heavy (non-hydrogen) atoms. The largest absolute Gasteiger partial charge is 0.357 e. The molecule has 0 atom stereocenters. The molecule has 1 heterocycles. The maximum atomic E-state index is 11.8. The summed E-state index contributed by atoms with van der Waals surface area (Å²) >= 11 is 0. The summed E-state index contributed by atoms with van der Waals surface area (Å²) in [5.41, 5.74) is 2.74. The minimum absolute atomic E-state index is 0. The highest BCUT2D eigenvalue weighted by Gasteiger charge is 2.17. The summed E-state index contributed by atoms with van der Waals surface area (Å²) in [6.45, 7) is 7.60. The highest BCUT2D eigenvalue weighted by atomic mass is 127. The molecule has 1 N–H and O–H groups in total. The summed E-state index contributed by atoms with van der Waals surface area (Å²) in [6, 6.07) is 10.5. The van der Waals surface area contributed by atoms with E-state index in [4.69, 9.17) is 4.99 Å². The van der Waals surface area contributed by atoms with Crippen molar-refractivity contribution in [3.8, 4) is 0 Å². The van der Waals surface area contributed by atoms with Gasteiger partial charge in [0.15, 0.2) is 5.96 Å². The van der Waals surface area contributed by atoms with Gasteiger partial charge < -0.3 is 10.2 Å². The van der Waals surface area contributed by atoms with Gasteiger partial charge in [0, 0.05) is 39.8 Å². The smallest absolute Gasteiger partial charge is 0.213 e. The normalized spacial score (nSPS) is 15.2. The van der Waals surface area contributed by atoms with Crippen LogP contribution >= 0.6 is 24.0 Å². The molecule has 0 amide bonds. The van der Waals surface area contributed by atoms with E-state index in [1.807, 2.05) is 6.07 Å². The lowest BCUT2D eigenvalue weighted by Crippen LogP contribution is -2.44. The summed E-state index contributed by atoms with van der Waals surface area (Å²) in [5, 5.41) is 3.37. The van der Waals surface area contributed by atoms with Crippen molar-refractivity contribution in [2.45, 2.75) is 33.1 Å². The van der Waals surface area contributed by atoms with Crippen LogP contribution in [0.3, 0.4) is 0 Å². The number of guanidine groups is 1. The molecular weight excluding hydrogens is 499 g/mol. The Morgan fingerprint density at radius 2 is 1.86 bits per heavy atom. The molecule has 1 aromatic rings. The topological polar surface area (TPSA) is 65.0 Å². The Morgan fingerprint density at radius 3 is 2.45 bits per heavy atom. The van der Waals surface area contributed by atoms with Crippen LogP contribution in [0.1, 0.15) is 38.7 Å². The summed E-state index contributed by atoms with van der Waals surface area (Å²) < 4.78 is 25.0. The average Bonchev–Trinajstić information content (AvgIpc) is 2.71. The number of nitrogens with zero attached hydrogens (tertiary/aromatic N) is 3. The first-order chi connectivity index (χ1) is 13.5. The first kappa shape index (κ1) is 25.9. The lowest BCUT2D eigenvalue weighted by atomic mass is 10.0. The number of nitrogens with one attached hydrogen (secondary N) is 1. The second-order valence-electron chi connectivity index (χ2n) is 7.01. The molecule has 0 aromatic heterocycles. The first-order valence-corrected chi connectivity index (χ1v) is 11.8. The Morgan fingerprint density at radius 1 is 1.21 bits per heavy atom. The molecule has 8 heteroatoms. The van der Waals surface area contributed by atoms with Gasteiger partial charge in [0.25, 0.3) is 0 Å². The lowest BCUT2D eigenvalue weighted by molar-refractivity contribution is 0.375. The Kier molecular flexibility index (Phi) is 11.8. The van der Waals surface area contributed by atoms with Gasteiger partial charge in [0.2, 0.25) is 10.0 Å². The summed E-state index contributed by atoms with van der Waals surface area (Å²) in [4.78, 5) is 7.02. The van der Waals surface area contributed by atoms with E-state index in [-0.39, 0.29) is 29.7 Å². The van der Waals surface area contributed by atoms with Crippen LogP contribution in [-0.2, 0) is 10.0 Å². The van der Waals surface area contributed by atoms with E-state index in [0.717, 1.165) is 44.9 Å². The van der Waals surface area contributed by atoms with Crippen LogP contribution in [0.2, 0.25) is 0 Å². The lowest BCUT2D eigenvalue weighted by Gasteiger charge is -2.31. The van der Waals surface area contributed by atoms with Crippen molar-refractivity contribution in [2.75, 3.05) is 45.5 Å². The van der Waals surface area contributed by atoms with Crippen LogP contribution in [0.15, 0.2) is 40.9 Å². The SMILES string of the molecule is CCNC(=NCCCN(C)S(=O)(=O)CC)N1CCC(=Cc2ccccc2)CC1.I. The van der Waals surface area contributed by atoms with Gasteiger partial charge in [-0.2, -0.15) is 0 Å². The van der Waals surface area contributed by atoms with Gasteiger partial charge in [-0.3, -0.25) is 4.99 Å². The van der Waals surface area contributed by atoms with Gasteiger partial charge in [-0.25, -0.2) is 12.7 Å². The van der Waals surface area contributed by atoms with E-state index in [0.29, 0.717) is 13.1 Å². The van der Waals surface area contributed by atoms with Crippen molar-refractivity contribution >= 4 is 46.0 Å². The van der Waals surface area contributed by atoms with Crippen molar-refractivity contribution in [1.82, 2.24) is 14.5 Å². The molecule has 0 radical (unpaired) electrons. The van der Waals surface area contributed by atoms with Gasteiger partial charge in [0.1, 0.15) is 0 Å². The van der Waals surface area contributed by atoms with Gasteiger partial charge >= 0.3 is 0 Å². The molecule has 0 bridgehead atoms. The third-order valence-electron chi connectivity index (χ3n) is 4.94. The van der Waals surface area contributed by atoms with Crippen molar-refractivity contribution in [3.05, 3.63) is 41.5 Å². The minimum atomic E-state index is -3.11. The van der Waals surface area contributed by atoms with Crippen LogP contribution in [0.4, 0.5) is 0 Å². The molecule has 164 valence electrons. The molecule has 0 spiro atoms. The van der Waals surface area contributed by atoms with Crippen molar-refractivity contribution in [2.24, 2.45) is 4.99 Å². The van der Waals surface area contributed by atoms with Gasteiger partial charge in [-0.05, 0) is 38.7 Å². The van der Waals surface area contributed by atoms with Gasteiger partial charge in [-0.1, -0.05) is 42.0 Å². The molecule has 0 saturated carbocycles. The molecular formula is C21H35IN4O2S. The molecule has 6 nitrogen and oxygen atoms in total. The molecule has 2 rings (SSSR count). The number of piperidine rings is 1. The zero-order valence-corrected chi connectivity index (χ0v) is 20.9.